The minimum Gasteiger partial charge on any atom is -0.388 e. The lowest BCUT2D eigenvalue weighted by atomic mass is 9.97. The summed E-state index contributed by atoms with van der Waals surface area (Å²) < 4.78 is 29.1. The maximum absolute atomic E-state index is 12.7. The van der Waals surface area contributed by atoms with Crippen molar-refractivity contribution in [2.24, 2.45) is 0 Å². The standard InChI is InChI=1S/C18H25N3O6S2/c1-21(29(3,25)26)18-20-14(11-28-18)17(24)19-13(16(23)15(22)10-27-2)9-12-7-5-4-6-8-12/h4-8,11,13,15-16,22-23H,9-10H2,1-3H3,(H,19,24). The van der Waals surface area contributed by atoms with Gasteiger partial charge in [-0.2, -0.15) is 0 Å². The summed E-state index contributed by atoms with van der Waals surface area (Å²) in [5.41, 5.74) is 0.879. The Balaban J connectivity index is 2.19. The van der Waals surface area contributed by atoms with Gasteiger partial charge in [0.05, 0.1) is 18.9 Å². The molecule has 2 rings (SSSR count). The molecule has 1 amide bonds. The number of carbonyl (C=O) groups is 1. The number of nitrogens with one attached hydrogen (secondary N) is 1. The first-order valence-corrected chi connectivity index (χ1v) is 11.5. The fourth-order valence-corrected chi connectivity index (χ4v) is 4.10. The summed E-state index contributed by atoms with van der Waals surface area (Å²) in [5.74, 6) is -0.584. The molecule has 0 bridgehead atoms. The molecule has 2 aromatic rings. The number of anilines is 1. The van der Waals surface area contributed by atoms with Crippen LogP contribution in [0.2, 0.25) is 0 Å². The zero-order valence-electron chi connectivity index (χ0n) is 16.3. The van der Waals surface area contributed by atoms with Gasteiger partial charge < -0.3 is 20.3 Å². The van der Waals surface area contributed by atoms with Gasteiger partial charge in [0, 0.05) is 19.5 Å². The van der Waals surface area contributed by atoms with Gasteiger partial charge in [0.25, 0.3) is 5.91 Å². The zero-order chi connectivity index (χ0) is 21.6. The molecule has 160 valence electrons. The molecule has 3 unspecified atom stereocenters. The highest BCUT2D eigenvalue weighted by Gasteiger charge is 2.29. The van der Waals surface area contributed by atoms with E-state index in [0.29, 0.717) is 0 Å². The molecule has 3 atom stereocenters. The van der Waals surface area contributed by atoms with Gasteiger partial charge in [0.2, 0.25) is 10.0 Å². The van der Waals surface area contributed by atoms with Gasteiger partial charge in [0.15, 0.2) is 5.13 Å². The predicted octanol–water partition coefficient (Wildman–Crippen LogP) is 0.248. The van der Waals surface area contributed by atoms with Crippen molar-refractivity contribution in [3.05, 3.63) is 47.0 Å². The number of aliphatic hydroxyl groups excluding tert-OH is 2. The molecule has 0 aliphatic rings. The SMILES string of the molecule is COCC(O)C(O)C(Cc1ccccc1)NC(=O)c1csc(N(C)S(C)(=O)=O)n1. The van der Waals surface area contributed by atoms with Crippen LogP contribution < -0.4 is 9.62 Å². The lowest BCUT2D eigenvalue weighted by Gasteiger charge is -2.27. The number of aliphatic hydroxyl groups is 2. The molecule has 0 fully saturated rings. The number of hydrogen-bond acceptors (Lipinski definition) is 8. The van der Waals surface area contributed by atoms with E-state index in [9.17, 15) is 23.4 Å². The van der Waals surface area contributed by atoms with E-state index in [-0.39, 0.29) is 23.9 Å². The van der Waals surface area contributed by atoms with E-state index >= 15 is 0 Å². The first kappa shape index (κ1) is 23.2. The third kappa shape index (κ3) is 6.47. The molecule has 1 aromatic heterocycles. The van der Waals surface area contributed by atoms with E-state index in [1.807, 2.05) is 30.3 Å². The van der Waals surface area contributed by atoms with Crippen molar-refractivity contribution in [1.82, 2.24) is 10.3 Å². The molecule has 3 N–H and O–H groups in total. The summed E-state index contributed by atoms with van der Waals surface area (Å²) in [6.07, 6.45) is -1.17. The van der Waals surface area contributed by atoms with Crippen LogP contribution in [0, 0.1) is 0 Å². The van der Waals surface area contributed by atoms with Crippen molar-refractivity contribution in [2.45, 2.75) is 24.7 Å². The van der Waals surface area contributed by atoms with Crippen LogP contribution >= 0.6 is 11.3 Å². The van der Waals surface area contributed by atoms with Crippen LogP contribution in [0.5, 0.6) is 0 Å². The van der Waals surface area contributed by atoms with Crippen LogP contribution in [-0.4, -0.2) is 74.8 Å². The third-order valence-electron chi connectivity index (χ3n) is 4.25. The number of thiazole rings is 1. The summed E-state index contributed by atoms with van der Waals surface area (Å²) in [4.78, 5) is 16.7. The van der Waals surface area contributed by atoms with Gasteiger partial charge in [-0.15, -0.1) is 11.3 Å². The first-order valence-electron chi connectivity index (χ1n) is 8.72. The lowest BCUT2D eigenvalue weighted by molar-refractivity contribution is -0.0407. The van der Waals surface area contributed by atoms with Gasteiger partial charge in [-0.25, -0.2) is 17.7 Å². The quantitative estimate of drug-likeness (QED) is 0.480. The minimum atomic E-state index is -3.50. The maximum atomic E-state index is 12.7. The second-order valence-corrected chi connectivity index (χ2v) is 9.38. The average molecular weight is 444 g/mol. The second-order valence-electron chi connectivity index (χ2n) is 6.53. The van der Waals surface area contributed by atoms with E-state index in [1.165, 1.54) is 19.5 Å². The number of aromatic nitrogens is 1. The highest BCUT2D eigenvalue weighted by molar-refractivity contribution is 7.92. The number of amides is 1. The van der Waals surface area contributed by atoms with Crippen molar-refractivity contribution >= 4 is 32.4 Å². The number of ether oxygens (including phenoxy) is 1. The largest absolute Gasteiger partial charge is 0.388 e. The Hall–Kier alpha value is -2.05. The molecular formula is C18H25N3O6S2. The molecule has 29 heavy (non-hydrogen) atoms. The van der Waals surface area contributed by atoms with Crippen LogP contribution in [0.25, 0.3) is 0 Å². The Morgan fingerprint density at radius 2 is 1.97 bits per heavy atom. The first-order chi connectivity index (χ1) is 13.6. The Labute approximate surface area is 174 Å². The van der Waals surface area contributed by atoms with Crippen molar-refractivity contribution < 1.29 is 28.2 Å². The Morgan fingerprint density at radius 1 is 1.31 bits per heavy atom. The lowest BCUT2D eigenvalue weighted by Crippen LogP contribution is -2.51. The van der Waals surface area contributed by atoms with E-state index in [4.69, 9.17) is 4.74 Å². The van der Waals surface area contributed by atoms with Crippen LogP contribution in [0.15, 0.2) is 35.7 Å². The van der Waals surface area contributed by atoms with Crippen LogP contribution in [0.3, 0.4) is 0 Å². The van der Waals surface area contributed by atoms with E-state index in [0.717, 1.165) is 27.5 Å². The zero-order valence-corrected chi connectivity index (χ0v) is 18.0. The van der Waals surface area contributed by atoms with E-state index in [2.05, 4.69) is 10.3 Å². The van der Waals surface area contributed by atoms with Gasteiger partial charge in [0.1, 0.15) is 17.9 Å². The highest BCUT2D eigenvalue weighted by Crippen LogP contribution is 2.21. The Morgan fingerprint density at radius 3 is 2.55 bits per heavy atom. The van der Waals surface area contributed by atoms with Crippen molar-refractivity contribution in [3.63, 3.8) is 0 Å². The number of rotatable bonds is 10. The number of hydrogen-bond donors (Lipinski definition) is 3. The number of carbonyl (C=O) groups excluding carboxylic acids is 1. The Bertz CT molecular complexity index is 903. The van der Waals surface area contributed by atoms with Gasteiger partial charge >= 0.3 is 0 Å². The Kier molecular flexibility index (Phi) is 8.11. The summed E-state index contributed by atoms with van der Waals surface area (Å²) >= 11 is 1.01. The highest BCUT2D eigenvalue weighted by atomic mass is 32.2. The summed E-state index contributed by atoms with van der Waals surface area (Å²) in [7, 11) is -0.756. The molecule has 0 radical (unpaired) electrons. The van der Waals surface area contributed by atoms with Gasteiger partial charge in [-0.3, -0.25) is 4.79 Å². The summed E-state index contributed by atoms with van der Waals surface area (Å²) in [6.45, 7) is -0.0949. The fourth-order valence-electron chi connectivity index (χ4n) is 2.56. The maximum Gasteiger partial charge on any atom is 0.271 e. The molecular weight excluding hydrogens is 418 g/mol. The van der Waals surface area contributed by atoms with Crippen molar-refractivity contribution in [3.8, 4) is 0 Å². The van der Waals surface area contributed by atoms with Gasteiger partial charge in [-0.05, 0) is 12.0 Å². The smallest absolute Gasteiger partial charge is 0.271 e. The average Bonchev–Trinajstić information content (AvgIpc) is 3.16. The number of nitrogens with zero attached hydrogens (tertiary/aromatic N) is 2. The van der Waals surface area contributed by atoms with Crippen LogP contribution in [0.1, 0.15) is 16.1 Å². The topological polar surface area (TPSA) is 129 Å². The van der Waals surface area contributed by atoms with E-state index in [1.54, 1.807) is 0 Å². The van der Waals surface area contributed by atoms with E-state index < -0.39 is 34.2 Å². The predicted molar refractivity (Wildman–Crippen MR) is 111 cm³/mol. The molecule has 1 heterocycles. The minimum absolute atomic E-state index is 0.0204. The third-order valence-corrected chi connectivity index (χ3v) is 6.45. The van der Waals surface area contributed by atoms with Crippen LogP contribution in [0.4, 0.5) is 5.13 Å². The number of methoxy groups -OCH3 is 1. The van der Waals surface area contributed by atoms with Crippen molar-refractivity contribution in [2.75, 3.05) is 31.3 Å². The molecule has 1 aromatic carbocycles. The number of benzene rings is 1. The molecule has 9 nitrogen and oxygen atoms in total. The monoisotopic (exact) mass is 443 g/mol. The van der Waals surface area contributed by atoms with Crippen LogP contribution in [-0.2, 0) is 21.2 Å². The van der Waals surface area contributed by atoms with Gasteiger partial charge in [-0.1, -0.05) is 30.3 Å². The summed E-state index contributed by atoms with van der Waals surface area (Å²) in [5, 5.41) is 24.9. The second kappa shape index (κ2) is 10.1. The fraction of sp³-hybridized carbons (Fsp3) is 0.444. The number of sulfonamides is 1. The molecule has 0 spiro atoms. The van der Waals surface area contributed by atoms with Crippen molar-refractivity contribution in [1.29, 1.82) is 0 Å². The normalized spacial score (nSPS) is 14.8. The molecule has 0 aliphatic heterocycles. The molecule has 11 heteroatoms. The molecule has 0 aliphatic carbocycles. The summed E-state index contributed by atoms with van der Waals surface area (Å²) in [6, 6.07) is 8.39. The molecule has 0 saturated heterocycles. The molecule has 0 saturated carbocycles.